The molecule has 1 aliphatic rings. The second-order valence-corrected chi connectivity index (χ2v) is 7.73. The van der Waals surface area contributed by atoms with Crippen LogP contribution in [0.15, 0.2) is 55.0 Å². The van der Waals surface area contributed by atoms with Crippen LogP contribution in [-0.4, -0.2) is 43.2 Å². The summed E-state index contributed by atoms with van der Waals surface area (Å²) in [6, 6.07) is 12.1. The van der Waals surface area contributed by atoms with E-state index >= 15 is 0 Å². The molecule has 1 fully saturated rings. The molecule has 6 heterocycles. The van der Waals surface area contributed by atoms with E-state index in [1.807, 2.05) is 42.7 Å². The Morgan fingerprint density at radius 3 is 2.73 bits per heavy atom. The van der Waals surface area contributed by atoms with E-state index in [0.29, 0.717) is 0 Å². The number of H-pyrrole nitrogens is 2. The van der Waals surface area contributed by atoms with E-state index in [1.54, 1.807) is 6.20 Å². The van der Waals surface area contributed by atoms with Crippen molar-refractivity contribution in [2.75, 3.05) is 18.0 Å². The van der Waals surface area contributed by atoms with Gasteiger partial charge in [-0.25, -0.2) is 9.97 Å². The Kier molecular flexibility index (Phi) is 3.97. The fourth-order valence-electron chi connectivity index (χ4n) is 4.29. The lowest BCUT2D eigenvalue weighted by Gasteiger charge is -2.28. The third-order valence-corrected chi connectivity index (χ3v) is 5.80. The van der Waals surface area contributed by atoms with Crippen molar-refractivity contribution >= 4 is 27.8 Å². The fourth-order valence-corrected chi connectivity index (χ4v) is 4.29. The van der Waals surface area contributed by atoms with Gasteiger partial charge in [-0.05, 0) is 55.7 Å². The fraction of sp³-hybridized carbons (Fsp3) is 0.217. The van der Waals surface area contributed by atoms with Gasteiger partial charge < -0.3 is 9.88 Å². The Bertz CT molecular complexity index is 1330. The largest absolute Gasteiger partial charge is 0.356 e. The minimum atomic E-state index is 0.816. The molecule has 0 atom stereocenters. The van der Waals surface area contributed by atoms with E-state index in [-0.39, 0.29) is 0 Å². The summed E-state index contributed by atoms with van der Waals surface area (Å²) in [7, 11) is 0. The first-order valence-corrected chi connectivity index (χ1v) is 10.4. The third kappa shape index (κ3) is 2.82. The molecule has 0 bridgehead atoms. The van der Waals surface area contributed by atoms with Gasteiger partial charge in [-0.1, -0.05) is 0 Å². The maximum atomic E-state index is 4.88. The summed E-state index contributed by atoms with van der Waals surface area (Å²) in [6.45, 7) is 2.13. The molecule has 148 valence electrons. The molecule has 2 N–H and O–H groups in total. The Morgan fingerprint density at radius 1 is 0.933 bits per heavy atom. The van der Waals surface area contributed by atoms with Gasteiger partial charge in [0.25, 0.3) is 0 Å². The lowest BCUT2D eigenvalue weighted by Crippen LogP contribution is -2.30. The van der Waals surface area contributed by atoms with E-state index in [0.717, 1.165) is 63.5 Å². The van der Waals surface area contributed by atoms with Crippen molar-refractivity contribution in [2.24, 2.45) is 0 Å². The normalized spacial score (nSPS) is 14.6. The van der Waals surface area contributed by atoms with E-state index in [2.05, 4.69) is 31.1 Å². The molecule has 0 aromatic carbocycles. The first-order valence-electron chi connectivity index (χ1n) is 10.4. The van der Waals surface area contributed by atoms with Crippen LogP contribution in [0, 0.1) is 0 Å². The van der Waals surface area contributed by atoms with Crippen LogP contribution >= 0.6 is 0 Å². The smallest absolute Gasteiger partial charge is 0.137 e. The average Bonchev–Trinajstić information content (AvgIpc) is 3.43. The number of rotatable bonds is 3. The number of nitrogens with zero attached hydrogens (tertiary/aromatic N) is 5. The Morgan fingerprint density at radius 2 is 1.87 bits per heavy atom. The summed E-state index contributed by atoms with van der Waals surface area (Å²) < 4.78 is 0. The lowest BCUT2D eigenvalue weighted by molar-refractivity contribution is 0.575. The highest BCUT2D eigenvalue weighted by atomic mass is 15.2. The maximum absolute atomic E-state index is 4.88. The van der Waals surface area contributed by atoms with Crippen LogP contribution in [0.2, 0.25) is 0 Å². The topological polar surface area (TPSA) is 86.4 Å². The molecular weight excluding hydrogens is 374 g/mol. The van der Waals surface area contributed by atoms with Crippen molar-refractivity contribution in [3.05, 3.63) is 55.0 Å². The molecule has 0 amide bonds. The van der Waals surface area contributed by atoms with Crippen LogP contribution in [0.3, 0.4) is 0 Å². The Labute approximate surface area is 173 Å². The van der Waals surface area contributed by atoms with Crippen LogP contribution in [0.25, 0.3) is 44.6 Å². The molecule has 7 nitrogen and oxygen atoms in total. The molecular formula is C23H21N7. The second kappa shape index (κ2) is 6.95. The highest BCUT2D eigenvalue weighted by molar-refractivity contribution is 5.98. The lowest BCUT2D eigenvalue weighted by atomic mass is 10.1. The standard InChI is InChI=1S/C23H21N7/c1-2-11-30(12-3-1)23-16-13-20(26-18(16)8-10-25-23)22-21-19(28-29-22)7-6-17(27-21)15-5-4-9-24-14-15/h4-10,13-14,26H,1-3,11-12H2,(H,28,29). The zero-order valence-corrected chi connectivity index (χ0v) is 16.5. The molecule has 6 rings (SSSR count). The summed E-state index contributed by atoms with van der Waals surface area (Å²) >= 11 is 0. The quantitative estimate of drug-likeness (QED) is 0.468. The van der Waals surface area contributed by atoms with Crippen LogP contribution in [-0.2, 0) is 0 Å². The van der Waals surface area contributed by atoms with Crippen LogP contribution in [0.4, 0.5) is 5.82 Å². The van der Waals surface area contributed by atoms with Crippen molar-refractivity contribution < 1.29 is 0 Å². The minimum Gasteiger partial charge on any atom is -0.356 e. The maximum Gasteiger partial charge on any atom is 0.137 e. The van der Waals surface area contributed by atoms with Crippen molar-refractivity contribution in [3.8, 4) is 22.6 Å². The Hall–Kier alpha value is -3.74. The zero-order valence-electron chi connectivity index (χ0n) is 16.5. The van der Waals surface area contributed by atoms with Gasteiger partial charge in [-0.2, -0.15) is 5.10 Å². The average molecular weight is 395 g/mol. The number of aromatic amines is 2. The van der Waals surface area contributed by atoms with E-state index in [9.17, 15) is 0 Å². The number of anilines is 1. The van der Waals surface area contributed by atoms with Gasteiger partial charge in [0.05, 0.1) is 22.4 Å². The van der Waals surface area contributed by atoms with E-state index in [1.165, 1.54) is 19.3 Å². The van der Waals surface area contributed by atoms with Crippen molar-refractivity contribution in [1.29, 1.82) is 0 Å². The van der Waals surface area contributed by atoms with Crippen LogP contribution < -0.4 is 4.90 Å². The number of aromatic nitrogens is 6. The van der Waals surface area contributed by atoms with E-state index < -0.39 is 0 Å². The molecule has 5 aromatic rings. The monoisotopic (exact) mass is 395 g/mol. The number of pyridine rings is 3. The van der Waals surface area contributed by atoms with Gasteiger partial charge in [0.2, 0.25) is 0 Å². The number of piperidine rings is 1. The molecule has 0 aliphatic carbocycles. The van der Waals surface area contributed by atoms with Gasteiger partial charge in [0, 0.05) is 42.6 Å². The third-order valence-electron chi connectivity index (χ3n) is 5.80. The van der Waals surface area contributed by atoms with Gasteiger partial charge in [0.1, 0.15) is 17.0 Å². The van der Waals surface area contributed by atoms with Crippen LogP contribution in [0.1, 0.15) is 19.3 Å². The minimum absolute atomic E-state index is 0.816. The highest BCUT2D eigenvalue weighted by Gasteiger charge is 2.19. The van der Waals surface area contributed by atoms with E-state index in [4.69, 9.17) is 9.97 Å². The second-order valence-electron chi connectivity index (χ2n) is 7.73. The summed E-state index contributed by atoms with van der Waals surface area (Å²) in [4.78, 5) is 19.7. The first kappa shape index (κ1) is 17.1. The molecule has 0 unspecified atom stereocenters. The number of fused-ring (bicyclic) bond motifs is 2. The van der Waals surface area contributed by atoms with Gasteiger partial charge in [-0.3, -0.25) is 10.1 Å². The molecule has 5 aromatic heterocycles. The zero-order chi connectivity index (χ0) is 19.9. The van der Waals surface area contributed by atoms with Crippen molar-refractivity contribution in [2.45, 2.75) is 19.3 Å². The molecule has 1 aliphatic heterocycles. The molecule has 0 saturated carbocycles. The number of hydrogen-bond acceptors (Lipinski definition) is 5. The molecule has 1 saturated heterocycles. The molecule has 0 spiro atoms. The summed E-state index contributed by atoms with van der Waals surface area (Å²) in [5, 5.41) is 8.82. The van der Waals surface area contributed by atoms with Gasteiger partial charge in [0.15, 0.2) is 0 Å². The summed E-state index contributed by atoms with van der Waals surface area (Å²) in [5.41, 5.74) is 6.45. The summed E-state index contributed by atoms with van der Waals surface area (Å²) in [6.07, 6.45) is 9.22. The predicted octanol–water partition coefficient (Wildman–Crippen LogP) is 4.55. The van der Waals surface area contributed by atoms with Crippen molar-refractivity contribution in [3.63, 3.8) is 0 Å². The van der Waals surface area contributed by atoms with Crippen molar-refractivity contribution in [1.82, 2.24) is 30.1 Å². The van der Waals surface area contributed by atoms with Gasteiger partial charge >= 0.3 is 0 Å². The molecule has 30 heavy (non-hydrogen) atoms. The van der Waals surface area contributed by atoms with Gasteiger partial charge in [-0.15, -0.1) is 0 Å². The predicted molar refractivity (Wildman–Crippen MR) is 118 cm³/mol. The number of nitrogens with one attached hydrogen (secondary N) is 2. The Balaban J connectivity index is 1.47. The first-order chi connectivity index (χ1) is 14.9. The molecule has 7 heteroatoms. The highest BCUT2D eigenvalue weighted by Crippen LogP contribution is 2.33. The molecule has 0 radical (unpaired) electrons. The van der Waals surface area contributed by atoms with Crippen LogP contribution in [0.5, 0.6) is 0 Å². The SMILES string of the molecule is c1cncc(-c2ccc3[nH]nc(-c4cc5c(N6CCCCC6)nccc5[nH]4)c3n2)c1. The number of hydrogen-bond donors (Lipinski definition) is 2. The summed E-state index contributed by atoms with van der Waals surface area (Å²) in [5.74, 6) is 1.05.